The predicted molar refractivity (Wildman–Crippen MR) is 112 cm³/mol. The van der Waals surface area contributed by atoms with Crippen molar-refractivity contribution in [3.63, 3.8) is 0 Å². The summed E-state index contributed by atoms with van der Waals surface area (Å²) in [5.41, 5.74) is 2.25. The molecule has 29 heavy (non-hydrogen) atoms. The van der Waals surface area contributed by atoms with Gasteiger partial charge < -0.3 is 18.9 Å². The van der Waals surface area contributed by atoms with Gasteiger partial charge in [0.2, 0.25) is 5.91 Å². The van der Waals surface area contributed by atoms with Crippen molar-refractivity contribution in [2.45, 2.75) is 44.7 Å². The van der Waals surface area contributed by atoms with E-state index in [4.69, 9.17) is 9.47 Å². The topological polar surface area (TPSA) is 69.5 Å². The molecule has 0 unspecified atom stereocenters. The second kappa shape index (κ2) is 9.28. The third-order valence-electron chi connectivity index (χ3n) is 5.67. The zero-order valence-corrected chi connectivity index (χ0v) is 17.9. The highest BCUT2D eigenvalue weighted by Crippen LogP contribution is 2.28. The van der Waals surface area contributed by atoms with Crippen LogP contribution < -0.4 is 0 Å². The van der Waals surface area contributed by atoms with Crippen molar-refractivity contribution in [3.05, 3.63) is 29.8 Å². The summed E-state index contributed by atoms with van der Waals surface area (Å²) in [6.45, 7) is 7.82. The highest BCUT2D eigenvalue weighted by Gasteiger charge is 2.31. The standard InChI is InChI=1S/C21H28N4O3S/c1-3-25-19(17-7-5-4-6-15(17)2)22-23-21(25)29-14-18(26)24-10-8-16(9-11-24)20-27-12-13-28-20/h4-7,16,20H,3,8-14H2,1-2H3. The maximum Gasteiger partial charge on any atom is 0.233 e. The molecule has 2 aliphatic rings. The number of amides is 1. The molecule has 1 aromatic carbocycles. The van der Waals surface area contributed by atoms with Crippen molar-refractivity contribution in [3.8, 4) is 11.4 Å². The molecule has 2 aliphatic heterocycles. The molecular formula is C21H28N4O3S. The molecule has 2 fully saturated rings. The van der Waals surface area contributed by atoms with Gasteiger partial charge >= 0.3 is 0 Å². The average Bonchev–Trinajstić information content (AvgIpc) is 3.42. The Hall–Kier alpha value is -1.90. The number of piperidine rings is 1. The van der Waals surface area contributed by atoms with Crippen LogP contribution in [0.4, 0.5) is 0 Å². The molecular weight excluding hydrogens is 388 g/mol. The molecule has 0 aliphatic carbocycles. The number of ether oxygens (including phenoxy) is 2. The number of rotatable bonds is 6. The molecule has 0 N–H and O–H groups in total. The van der Waals surface area contributed by atoms with E-state index in [0.29, 0.717) is 24.9 Å². The summed E-state index contributed by atoms with van der Waals surface area (Å²) >= 11 is 1.47. The number of carbonyl (C=O) groups is 1. The van der Waals surface area contributed by atoms with Crippen molar-refractivity contribution < 1.29 is 14.3 Å². The van der Waals surface area contributed by atoms with Gasteiger partial charge in [0.25, 0.3) is 0 Å². The lowest BCUT2D eigenvalue weighted by atomic mass is 9.96. The van der Waals surface area contributed by atoms with Gasteiger partial charge in [-0.15, -0.1) is 10.2 Å². The fourth-order valence-corrected chi connectivity index (χ4v) is 4.90. The molecule has 0 saturated carbocycles. The van der Waals surface area contributed by atoms with Crippen molar-refractivity contribution in [2.75, 3.05) is 32.1 Å². The SMILES string of the molecule is CCn1c(SCC(=O)N2CCC(C3OCCO3)CC2)nnc1-c1ccccc1C. The van der Waals surface area contributed by atoms with E-state index in [1.165, 1.54) is 17.3 Å². The number of hydrogen-bond donors (Lipinski definition) is 0. The Bertz CT molecular complexity index is 842. The summed E-state index contributed by atoms with van der Waals surface area (Å²) in [6, 6.07) is 8.17. The molecule has 0 bridgehead atoms. The van der Waals surface area contributed by atoms with E-state index in [-0.39, 0.29) is 12.2 Å². The molecule has 0 radical (unpaired) electrons. The predicted octanol–water partition coefficient (Wildman–Crippen LogP) is 2.98. The van der Waals surface area contributed by atoms with Crippen molar-refractivity contribution in [2.24, 2.45) is 5.92 Å². The number of hydrogen-bond acceptors (Lipinski definition) is 6. The Kier molecular flexibility index (Phi) is 6.52. The number of likely N-dealkylation sites (tertiary alicyclic amines) is 1. The Morgan fingerprint density at radius 1 is 1.17 bits per heavy atom. The molecule has 156 valence electrons. The van der Waals surface area contributed by atoms with E-state index in [1.54, 1.807) is 0 Å². The maximum absolute atomic E-state index is 12.7. The Balaban J connectivity index is 1.34. The fourth-order valence-electron chi connectivity index (χ4n) is 3.99. The van der Waals surface area contributed by atoms with Crippen LogP contribution in [0.15, 0.2) is 29.4 Å². The number of aryl methyl sites for hydroxylation is 1. The number of aromatic nitrogens is 3. The lowest BCUT2D eigenvalue weighted by Crippen LogP contribution is -2.42. The summed E-state index contributed by atoms with van der Waals surface area (Å²) in [5, 5.41) is 9.55. The Labute approximate surface area is 175 Å². The van der Waals surface area contributed by atoms with Gasteiger partial charge in [-0.1, -0.05) is 36.0 Å². The molecule has 2 aromatic rings. The van der Waals surface area contributed by atoms with E-state index in [0.717, 1.165) is 49.0 Å². The molecule has 2 saturated heterocycles. The van der Waals surface area contributed by atoms with Gasteiger partial charge in [0.05, 0.1) is 19.0 Å². The van der Waals surface area contributed by atoms with E-state index in [9.17, 15) is 4.79 Å². The van der Waals surface area contributed by atoms with Crippen LogP contribution in [-0.4, -0.2) is 63.9 Å². The average molecular weight is 417 g/mol. The van der Waals surface area contributed by atoms with Crippen LogP contribution in [0.5, 0.6) is 0 Å². The van der Waals surface area contributed by atoms with Crippen LogP contribution in [0.3, 0.4) is 0 Å². The third kappa shape index (κ3) is 4.49. The highest BCUT2D eigenvalue weighted by molar-refractivity contribution is 7.99. The molecule has 4 rings (SSSR count). The van der Waals surface area contributed by atoms with Crippen molar-refractivity contribution in [1.82, 2.24) is 19.7 Å². The van der Waals surface area contributed by atoms with E-state index in [1.807, 2.05) is 17.0 Å². The van der Waals surface area contributed by atoms with Gasteiger partial charge in [0, 0.05) is 31.1 Å². The van der Waals surface area contributed by atoms with E-state index >= 15 is 0 Å². The fraction of sp³-hybridized carbons (Fsp3) is 0.571. The zero-order chi connectivity index (χ0) is 20.2. The molecule has 1 aromatic heterocycles. The summed E-state index contributed by atoms with van der Waals surface area (Å²) < 4.78 is 13.3. The third-order valence-corrected chi connectivity index (χ3v) is 6.62. The van der Waals surface area contributed by atoms with Gasteiger partial charge in [-0.2, -0.15) is 0 Å². The zero-order valence-electron chi connectivity index (χ0n) is 17.0. The van der Waals surface area contributed by atoms with Crippen LogP contribution in [0.25, 0.3) is 11.4 Å². The van der Waals surface area contributed by atoms with Crippen LogP contribution in [0, 0.1) is 12.8 Å². The number of benzene rings is 1. The molecule has 0 spiro atoms. The Morgan fingerprint density at radius 3 is 2.59 bits per heavy atom. The first-order valence-electron chi connectivity index (χ1n) is 10.3. The minimum Gasteiger partial charge on any atom is -0.350 e. The molecule has 7 nitrogen and oxygen atoms in total. The maximum atomic E-state index is 12.7. The molecule has 8 heteroatoms. The number of carbonyl (C=O) groups excluding carboxylic acids is 1. The van der Waals surface area contributed by atoms with E-state index in [2.05, 4.69) is 40.7 Å². The quantitative estimate of drug-likeness (QED) is 0.675. The highest BCUT2D eigenvalue weighted by atomic mass is 32.2. The second-order valence-corrected chi connectivity index (χ2v) is 8.42. The second-order valence-electron chi connectivity index (χ2n) is 7.48. The van der Waals surface area contributed by atoms with Crippen molar-refractivity contribution >= 4 is 17.7 Å². The number of nitrogens with zero attached hydrogens (tertiary/aromatic N) is 4. The number of thioether (sulfide) groups is 1. The minimum atomic E-state index is -0.0791. The normalized spacial score (nSPS) is 18.5. The van der Waals surface area contributed by atoms with Gasteiger partial charge in [-0.05, 0) is 32.3 Å². The summed E-state index contributed by atoms with van der Waals surface area (Å²) in [7, 11) is 0. The largest absolute Gasteiger partial charge is 0.350 e. The molecule has 3 heterocycles. The van der Waals surface area contributed by atoms with E-state index < -0.39 is 0 Å². The van der Waals surface area contributed by atoms with Crippen LogP contribution >= 0.6 is 11.8 Å². The lowest BCUT2D eigenvalue weighted by Gasteiger charge is -2.33. The first kappa shape index (κ1) is 20.4. The van der Waals surface area contributed by atoms with Crippen molar-refractivity contribution in [1.29, 1.82) is 0 Å². The van der Waals surface area contributed by atoms with Crippen LogP contribution in [-0.2, 0) is 20.8 Å². The first-order chi connectivity index (χ1) is 14.2. The molecule has 0 atom stereocenters. The van der Waals surface area contributed by atoms with Crippen LogP contribution in [0.1, 0.15) is 25.3 Å². The smallest absolute Gasteiger partial charge is 0.233 e. The van der Waals surface area contributed by atoms with Gasteiger partial charge in [0.1, 0.15) is 0 Å². The van der Waals surface area contributed by atoms with Gasteiger partial charge in [-0.3, -0.25) is 4.79 Å². The lowest BCUT2D eigenvalue weighted by molar-refractivity contribution is -0.134. The summed E-state index contributed by atoms with van der Waals surface area (Å²) in [5.74, 6) is 1.80. The molecule has 1 amide bonds. The monoisotopic (exact) mass is 416 g/mol. The van der Waals surface area contributed by atoms with Gasteiger partial charge in [0.15, 0.2) is 17.3 Å². The minimum absolute atomic E-state index is 0.0791. The summed E-state index contributed by atoms with van der Waals surface area (Å²) in [6.07, 6.45) is 1.79. The first-order valence-corrected chi connectivity index (χ1v) is 11.3. The van der Waals surface area contributed by atoms with Gasteiger partial charge in [-0.25, -0.2) is 0 Å². The Morgan fingerprint density at radius 2 is 1.90 bits per heavy atom. The summed E-state index contributed by atoms with van der Waals surface area (Å²) in [4.78, 5) is 14.7. The van der Waals surface area contributed by atoms with Crippen LogP contribution in [0.2, 0.25) is 0 Å².